The van der Waals surface area contributed by atoms with Crippen molar-refractivity contribution in [1.82, 2.24) is 5.32 Å². The Labute approximate surface area is 117 Å². The van der Waals surface area contributed by atoms with E-state index in [9.17, 15) is 4.79 Å². The maximum atomic E-state index is 11.8. The monoisotopic (exact) mass is 287 g/mol. The zero-order valence-corrected chi connectivity index (χ0v) is 12.4. The first-order valence-corrected chi connectivity index (χ1v) is 7.10. The number of benzene rings is 1. The molecule has 0 radical (unpaired) electrons. The highest BCUT2D eigenvalue weighted by atomic mass is 35.5. The molecule has 0 bridgehead atoms. The molecule has 0 aliphatic carbocycles. The van der Waals surface area contributed by atoms with Crippen molar-refractivity contribution >= 4 is 29.3 Å². The maximum absolute atomic E-state index is 11.8. The molecule has 1 aromatic rings. The molecule has 0 fully saturated rings. The van der Waals surface area contributed by atoms with Gasteiger partial charge in [-0.25, -0.2) is 0 Å². The smallest absolute Gasteiger partial charge is 0.326 e. The van der Waals surface area contributed by atoms with Crippen LogP contribution in [0.2, 0.25) is 5.02 Å². The fraction of sp³-hybridized carbons (Fsp3) is 0.462. The van der Waals surface area contributed by atoms with Gasteiger partial charge in [0.2, 0.25) is 0 Å². The molecule has 0 aliphatic heterocycles. The van der Waals surface area contributed by atoms with Gasteiger partial charge in [0.15, 0.2) is 0 Å². The number of methoxy groups -OCH3 is 1. The minimum atomic E-state index is -0.673. The van der Waals surface area contributed by atoms with Crippen LogP contribution in [0.5, 0.6) is 0 Å². The van der Waals surface area contributed by atoms with Gasteiger partial charge in [-0.05, 0) is 37.7 Å². The van der Waals surface area contributed by atoms with E-state index in [4.69, 9.17) is 16.3 Å². The second-order valence-electron chi connectivity index (χ2n) is 4.10. The summed E-state index contributed by atoms with van der Waals surface area (Å²) >= 11 is 7.43. The quantitative estimate of drug-likeness (QED) is 0.645. The number of hydrogen-bond acceptors (Lipinski definition) is 4. The summed E-state index contributed by atoms with van der Waals surface area (Å²) in [6.07, 6.45) is 0. The fourth-order valence-corrected chi connectivity index (χ4v) is 2.69. The summed E-state index contributed by atoms with van der Waals surface area (Å²) in [5.74, 6) is 0.362. The summed E-state index contributed by atoms with van der Waals surface area (Å²) in [6.45, 7) is 4.53. The predicted octanol–water partition coefficient (Wildman–Crippen LogP) is 2.97. The molecule has 5 heteroatoms. The number of carbonyl (C=O) groups is 1. The largest absolute Gasteiger partial charge is 0.468 e. The molecular weight excluding hydrogens is 270 g/mol. The van der Waals surface area contributed by atoms with Gasteiger partial charge in [0, 0.05) is 15.7 Å². The molecule has 3 nitrogen and oxygen atoms in total. The Morgan fingerprint density at radius 3 is 2.56 bits per heavy atom. The van der Waals surface area contributed by atoms with Gasteiger partial charge >= 0.3 is 5.97 Å². The predicted molar refractivity (Wildman–Crippen MR) is 76.3 cm³/mol. The molecule has 0 spiro atoms. The van der Waals surface area contributed by atoms with Crippen molar-refractivity contribution in [3.63, 3.8) is 0 Å². The normalized spacial score (nSPS) is 14.0. The van der Waals surface area contributed by atoms with Gasteiger partial charge in [-0.2, -0.15) is 0 Å². The van der Waals surface area contributed by atoms with Crippen molar-refractivity contribution in [2.45, 2.75) is 24.3 Å². The molecule has 1 rings (SSSR count). The number of rotatable bonds is 6. The van der Waals surface area contributed by atoms with Gasteiger partial charge in [0.05, 0.1) is 7.11 Å². The summed E-state index contributed by atoms with van der Waals surface area (Å²) in [5.41, 5.74) is -0.673. The number of carbonyl (C=O) groups excluding carboxylic acids is 1. The van der Waals surface area contributed by atoms with E-state index in [1.54, 1.807) is 11.8 Å². The van der Waals surface area contributed by atoms with Crippen molar-refractivity contribution in [2.75, 3.05) is 19.4 Å². The third kappa shape index (κ3) is 4.19. The second-order valence-corrected chi connectivity index (χ2v) is 5.58. The summed E-state index contributed by atoms with van der Waals surface area (Å²) in [5, 5.41) is 3.88. The summed E-state index contributed by atoms with van der Waals surface area (Å²) < 4.78 is 4.84. The fourth-order valence-electron chi connectivity index (χ4n) is 1.56. The third-order valence-electron chi connectivity index (χ3n) is 2.54. The highest BCUT2D eigenvalue weighted by Crippen LogP contribution is 2.24. The van der Waals surface area contributed by atoms with Crippen LogP contribution in [-0.2, 0) is 9.53 Å². The second kappa shape index (κ2) is 7.02. The van der Waals surface area contributed by atoms with E-state index in [0.717, 1.165) is 4.90 Å². The number of likely N-dealkylation sites (N-methyl/N-ethyl adjacent to an activating group) is 1. The molecule has 1 atom stereocenters. The van der Waals surface area contributed by atoms with E-state index in [2.05, 4.69) is 5.32 Å². The van der Waals surface area contributed by atoms with Crippen molar-refractivity contribution < 1.29 is 9.53 Å². The molecule has 0 amide bonds. The summed E-state index contributed by atoms with van der Waals surface area (Å²) in [6, 6.07) is 7.56. The Morgan fingerprint density at radius 2 is 2.06 bits per heavy atom. The van der Waals surface area contributed by atoms with E-state index in [1.165, 1.54) is 7.11 Å². The van der Waals surface area contributed by atoms with Crippen LogP contribution in [0.15, 0.2) is 29.2 Å². The van der Waals surface area contributed by atoms with Crippen molar-refractivity contribution in [2.24, 2.45) is 0 Å². The third-order valence-corrected chi connectivity index (χ3v) is 4.12. The van der Waals surface area contributed by atoms with Crippen LogP contribution in [0, 0.1) is 0 Å². The molecule has 18 heavy (non-hydrogen) atoms. The zero-order valence-electron chi connectivity index (χ0n) is 10.8. The molecule has 100 valence electrons. The van der Waals surface area contributed by atoms with Crippen LogP contribution >= 0.6 is 23.4 Å². The Balaban J connectivity index is 2.67. The number of halogens is 1. The van der Waals surface area contributed by atoms with Gasteiger partial charge < -0.3 is 10.1 Å². The standard InChI is InChI=1S/C13H18ClNO2S/c1-4-15-13(2,12(16)17-3)9-18-11-7-5-10(14)6-8-11/h5-8,15H,4,9H2,1-3H3. The minimum absolute atomic E-state index is 0.245. The van der Waals surface area contributed by atoms with Crippen LogP contribution < -0.4 is 5.32 Å². The number of ether oxygens (including phenoxy) is 1. The van der Waals surface area contributed by atoms with E-state index in [1.807, 2.05) is 38.1 Å². The Morgan fingerprint density at radius 1 is 1.44 bits per heavy atom. The lowest BCUT2D eigenvalue weighted by Crippen LogP contribution is -2.52. The Hall–Kier alpha value is -0.710. The first-order chi connectivity index (χ1) is 8.51. The lowest BCUT2D eigenvalue weighted by molar-refractivity contribution is -0.146. The molecule has 0 saturated heterocycles. The van der Waals surface area contributed by atoms with E-state index < -0.39 is 5.54 Å². The molecule has 0 saturated carbocycles. The lowest BCUT2D eigenvalue weighted by atomic mass is 10.1. The van der Waals surface area contributed by atoms with Gasteiger partial charge in [-0.1, -0.05) is 18.5 Å². The molecule has 0 heterocycles. The highest BCUT2D eigenvalue weighted by molar-refractivity contribution is 7.99. The molecule has 0 aliphatic rings. The van der Waals surface area contributed by atoms with Crippen LogP contribution in [0.4, 0.5) is 0 Å². The number of esters is 1. The minimum Gasteiger partial charge on any atom is -0.468 e. The Bertz CT molecular complexity index is 396. The lowest BCUT2D eigenvalue weighted by Gasteiger charge is -2.27. The van der Waals surface area contributed by atoms with Crippen LogP contribution in [-0.4, -0.2) is 30.9 Å². The SMILES string of the molecule is CCNC(C)(CSc1ccc(Cl)cc1)C(=O)OC. The van der Waals surface area contributed by atoms with Crippen LogP contribution in [0.1, 0.15) is 13.8 Å². The average Bonchev–Trinajstić information content (AvgIpc) is 2.37. The topological polar surface area (TPSA) is 38.3 Å². The first kappa shape index (κ1) is 15.3. The van der Waals surface area contributed by atoms with Crippen molar-refractivity contribution in [1.29, 1.82) is 0 Å². The average molecular weight is 288 g/mol. The van der Waals surface area contributed by atoms with Crippen molar-refractivity contribution in [3.8, 4) is 0 Å². The van der Waals surface area contributed by atoms with Gasteiger partial charge in [-0.3, -0.25) is 4.79 Å². The molecule has 1 aromatic carbocycles. The molecule has 1 unspecified atom stereocenters. The maximum Gasteiger partial charge on any atom is 0.326 e. The number of nitrogens with one attached hydrogen (secondary N) is 1. The van der Waals surface area contributed by atoms with E-state index in [0.29, 0.717) is 17.3 Å². The molecular formula is C13H18ClNO2S. The summed E-state index contributed by atoms with van der Waals surface area (Å²) in [4.78, 5) is 12.9. The van der Waals surface area contributed by atoms with Crippen molar-refractivity contribution in [3.05, 3.63) is 29.3 Å². The molecule has 1 N–H and O–H groups in total. The van der Waals surface area contributed by atoms with Gasteiger partial charge in [0.25, 0.3) is 0 Å². The van der Waals surface area contributed by atoms with Gasteiger partial charge in [-0.15, -0.1) is 11.8 Å². The summed E-state index contributed by atoms with van der Waals surface area (Å²) in [7, 11) is 1.41. The first-order valence-electron chi connectivity index (χ1n) is 5.73. The molecule has 0 aromatic heterocycles. The van der Waals surface area contributed by atoms with Crippen LogP contribution in [0.25, 0.3) is 0 Å². The van der Waals surface area contributed by atoms with Gasteiger partial charge in [0.1, 0.15) is 5.54 Å². The van der Waals surface area contributed by atoms with Crippen LogP contribution in [0.3, 0.4) is 0 Å². The highest BCUT2D eigenvalue weighted by Gasteiger charge is 2.33. The number of thioether (sulfide) groups is 1. The zero-order chi connectivity index (χ0) is 13.6. The number of hydrogen-bond donors (Lipinski definition) is 1. The van der Waals surface area contributed by atoms with E-state index >= 15 is 0 Å². The van der Waals surface area contributed by atoms with E-state index in [-0.39, 0.29) is 5.97 Å². The Kier molecular flexibility index (Phi) is 5.99.